The predicted molar refractivity (Wildman–Crippen MR) is 101 cm³/mol. The van der Waals surface area contributed by atoms with Crippen LogP contribution in [0.3, 0.4) is 0 Å². The molecule has 2 aromatic rings. The van der Waals surface area contributed by atoms with Crippen LogP contribution in [-0.4, -0.2) is 30.3 Å². The van der Waals surface area contributed by atoms with Crippen molar-refractivity contribution in [1.82, 2.24) is 10.6 Å². The van der Waals surface area contributed by atoms with Gasteiger partial charge in [0.15, 0.2) is 0 Å². The smallest absolute Gasteiger partial charge is 0.261 e. The predicted octanol–water partition coefficient (Wildman–Crippen LogP) is 2.79. The van der Waals surface area contributed by atoms with Crippen LogP contribution in [-0.2, 0) is 4.79 Å². The number of benzene rings is 1. The number of rotatable bonds is 8. The van der Waals surface area contributed by atoms with Gasteiger partial charge in [-0.15, -0.1) is 11.3 Å². The van der Waals surface area contributed by atoms with E-state index in [1.165, 1.54) is 11.3 Å². The Morgan fingerprint density at radius 3 is 2.65 bits per heavy atom. The normalized spacial score (nSPS) is 13.1. The van der Waals surface area contributed by atoms with Crippen LogP contribution in [0.2, 0.25) is 0 Å². The zero-order valence-corrected chi connectivity index (χ0v) is 15.1. The fraction of sp³-hybridized carbons (Fsp3) is 0.316. The lowest BCUT2D eigenvalue weighted by molar-refractivity contribution is -0.116. The van der Waals surface area contributed by atoms with E-state index >= 15 is 0 Å². The van der Waals surface area contributed by atoms with E-state index in [2.05, 4.69) is 16.0 Å². The molecule has 0 spiro atoms. The highest BCUT2D eigenvalue weighted by atomic mass is 32.1. The number of hydrogen-bond donors (Lipinski definition) is 3. The summed E-state index contributed by atoms with van der Waals surface area (Å²) in [4.78, 5) is 36.5. The number of anilines is 1. The molecule has 26 heavy (non-hydrogen) atoms. The largest absolute Gasteiger partial charge is 0.351 e. The van der Waals surface area contributed by atoms with Crippen molar-refractivity contribution in [3.05, 3.63) is 52.2 Å². The molecule has 7 heteroatoms. The first-order chi connectivity index (χ1) is 12.6. The Labute approximate surface area is 156 Å². The maximum atomic E-state index is 12.0. The Kier molecular flexibility index (Phi) is 6.01. The molecule has 1 fully saturated rings. The lowest BCUT2D eigenvalue weighted by Crippen LogP contribution is -2.25. The average molecular weight is 371 g/mol. The number of hydrogen-bond acceptors (Lipinski definition) is 4. The summed E-state index contributed by atoms with van der Waals surface area (Å²) in [5.41, 5.74) is 1.14. The monoisotopic (exact) mass is 371 g/mol. The third-order valence-electron chi connectivity index (χ3n) is 3.93. The molecule has 0 unspecified atom stereocenters. The molecule has 1 heterocycles. The third kappa shape index (κ3) is 5.42. The van der Waals surface area contributed by atoms with Gasteiger partial charge in [-0.25, -0.2) is 0 Å². The van der Waals surface area contributed by atoms with Crippen molar-refractivity contribution in [1.29, 1.82) is 0 Å². The van der Waals surface area contributed by atoms with Gasteiger partial charge >= 0.3 is 0 Å². The highest BCUT2D eigenvalue weighted by Crippen LogP contribution is 2.20. The molecule has 6 nitrogen and oxygen atoms in total. The summed E-state index contributed by atoms with van der Waals surface area (Å²) in [6.07, 6.45) is 2.91. The summed E-state index contributed by atoms with van der Waals surface area (Å²) in [6, 6.07) is 10.8. The van der Waals surface area contributed by atoms with Gasteiger partial charge in [0.05, 0.1) is 4.88 Å². The van der Waals surface area contributed by atoms with Crippen LogP contribution >= 0.6 is 11.3 Å². The summed E-state index contributed by atoms with van der Waals surface area (Å²) in [6.45, 7) is 0.438. The second-order valence-corrected chi connectivity index (χ2v) is 7.16. The van der Waals surface area contributed by atoms with Gasteiger partial charge in [0.2, 0.25) is 5.91 Å². The Balaban J connectivity index is 1.40. The molecule has 0 bridgehead atoms. The molecular weight excluding hydrogens is 350 g/mol. The third-order valence-corrected chi connectivity index (χ3v) is 4.80. The van der Waals surface area contributed by atoms with Gasteiger partial charge in [-0.3, -0.25) is 14.4 Å². The van der Waals surface area contributed by atoms with Crippen molar-refractivity contribution in [2.24, 2.45) is 0 Å². The van der Waals surface area contributed by atoms with E-state index in [0.717, 1.165) is 12.8 Å². The van der Waals surface area contributed by atoms with Gasteiger partial charge in [-0.2, -0.15) is 0 Å². The number of carbonyl (C=O) groups excluding carboxylic acids is 3. The first kappa shape index (κ1) is 18.1. The van der Waals surface area contributed by atoms with Gasteiger partial charge in [0, 0.05) is 30.3 Å². The van der Waals surface area contributed by atoms with Crippen LogP contribution in [0.25, 0.3) is 0 Å². The standard InChI is InChI=1S/C19H21N3O3S/c23-17(7-2-10-20-19(25)16-6-3-11-26-16)21-15-5-1-4-13(12-15)18(24)22-14-8-9-14/h1,3-6,11-12,14H,2,7-10H2,(H,20,25)(H,21,23)(H,22,24). The van der Waals surface area contributed by atoms with Gasteiger partial charge in [0.25, 0.3) is 11.8 Å². The maximum Gasteiger partial charge on any atom is 0.261 e. The van der Waals surface area contributed by atoms with Crippen LogP contribution < -0.4 is 16.0 Å². The Morgan fingerprint density at radius 2 is 1.92 bits per heavy atom. The van der Waals surface area contributed by atoms with E-state index in [0.29, 0.717) is 41.6 Å². The van der Waals surface area contributed by atoms with E-state index in [-0.39, 0.29) is 17.7 Å². The number of thiophene rings is 1. The molecule has 1 aliphatic carbocycles. The van der Waals surface area contributed by atoms with Gasteiger partial charge in [0.1, 0.15) is 0 Å². The maximum absolute atomic E-state index is 12.0. The Hall–Kier alpha value is -2.67. The van der Waals surface area contributed by atoms with Crippen LogP contribution in [0.15, 0.2) is 41.8 Å². The van der Waals surface area contributed by atoms with Crippen LogP contribution in [0.5, 0.6) is 0 Å². The zero-order valence-electron chi connectivity index (χ0n) is 14.3. The minimum atomic E-state index is -0.143. The SMILES string of the molecule is O=C(CCCNC(=O)c1cccs1)Nc1cccc(C(=O)NC2CC2)c1. The number of carbonyl (C=O) groups is 3. The van der Waals surface area contributed by atoms with Gasteiger partial charge in [-0.1, -0.05) is 12.1 Å². The highest BCUT2D eigenvalue weighted by Gasteiger charge is 2.23. The van der Waals surface area contributed by atoms with E-state index in [1.807, 2.05) is 11.4 Å². The summed E-state index contributed by atoms with van der Waals surface area (Å²) in [5, 5.41) is 10.4. The molecule has 1 aromatic carbocycles. The Bertz CT molecular complexity index is 785. The molecule has 0 atom stereocenters. The van der Waals surface area contributed by atoms with Crippen LogP contribution in [0.1, 0.15) is 45.7 Å². The van der Waals surface area contributed by atoms with Crippen LogP contribution in [0, 0.1) is 0 Å². The molecule has 3 amide bonds. The molecule has 0 saturated heterocycles. The second kappa shape index (κ2) is 8.62. The topological polar surface area (TPSA) is 87.3 Å². The van der Waals surface area contributed by atoms with Crippen molar-refractivity contribution in [3.8, 4) is 0 Å². The van der Waals surface area contributed by atoms with Gasteiger partial charge in [-0.05, 0) is 48.9 Å². The molecule has 3 rings (SSSR count). The van der Waals surface area contributed by atoms with E-state index in [1.54, 1.807) is 30.3 Å². The van der Waals surface area contributed by atoms with Crippen molar-refractivity contribution in [2.45, 2.75) is 31.7 Å². The van der Waals surface area contributed by atoms with Crippen molar-refractivity contribution >= 4 is 34.7 Å². The molecule has 136 valence electrons. The first-order valence-corrected chi connectivity index (χ1v) is 9.52. The van der Waals surface area contributed by atoms with E-state index in [4.69, 9.17) is 0 Å². The van der Waals surface area contributed by atoms with Crippen molar-refractivity contribution in [2.75, 3.05) is 11.9 Å². The molecule has 3 N–H and O–H groups in total. The highest BCUT2D eigenvalue weighted by molar-refractivity contribution is 7.12. The number of amides is 3. The average Bonchev–Trinajstić information content (AvgIpc) is 3.27. The summed E-state index contributed by atoms with van der Waals surface area (Å²) >= 11 is 1.38. The lowest BCUT2D eigenvalue weighted by atomic mass is 10.2. The van der Waals surface area contributed by atoms with Crippen molar-refractivity contribution in [3.63, 3.8) is 0 Å². The van der Waals surface area contributed by atoms with E-state index < -0.39 is 0 Å². The summed E-state index contributed by atoms with van der Waals surface area (Å²) in [5.74, 6) is -0.371. The van der Waals surface area contributed by atoms with Crippen LogP contribution in [0.4, 0.5) is 5.69 Å². The molecule has 1 saturated carbocycles. The van der Waals surface area contributed by atoms with Crippen molar-refractivity contribution < 1.29 is 14.4 Å². The molecular formula is C19H21N3O3S. The van der Waals surface area contributed by atoms with Gasteiger partial charge < -0.3 is 16.0 Å². The lowest BCUT2D eigenvalue weighted by Gasteiger charge is -2.08. The van der Waals surface area contributed by atoms with E-state index in [9.17, 15) is 14.4 Å². The molecule has 0 aliphatic heterocycles. The zero-order chi connectivity index (χ0) is 18.4. The fourth-order valence-corrected chi connectivity index (χ4v) is 3.04. The number of nitrogens with one attached hydrogen (secondary N) is 3. The minimum absolute atomic E-state index is 0.111. The first-order valence-electron chi connectivity index (χ1n) is 8.64. The molecule has 1 aliphatic rings. The fourth-order valence-electron chi connectivity index (χ4n) is 2.40. The summed E-state index contributed by atoms with van der Waals surface area (Å²) < 4.78 is 0. The summed E-state index contributed by atoms with van der Waals surface area (Å²) in [7, 11) is 0. The molecule has 0 radical (unpaired) electrons. The second-order valence-electron chi connectivity index (χ2n) is 6.21. The minimum Gasteiger partial charge on any atom is -0.351 e. The quantitative estimate of drug-likeness (QED) is 0.624. The molecule has 1 aromatic heterocycles. The Morgan fingerprint density at radius 1 is 1.08 bits per heavy atom.